The molecule has 0 bridgehead atoms. The molecule has 0 aliphatic heterocycles. The summed E-state index contributed by atoms with van der Waals surface area (Å²) in [6, 6.07) is 1.37. The summed E-state index contributed by atoms with van der Waals surface area (Å²) in [6.45, 7) is 2.72. The van der Waals surface area contributed by atoms with Gasteiger partial charge in [-0.1, -0.05) is 0 Å². The summed E-state index contributed by atoms with van der Waals surface area (Å²) in [7, 11) is -4.48. The van der Waals surface area contributed by atoms with E-state index in [-0.39, 0.29) is 12.6 Å². The molecule has 0 aromatic heterocycles. The predicted octanol–water partition coefficient (Wildman–Crippen LogP) is 1.86. The van der Waals surface area contributed by atoms with Crippen molar-refractivity contribution in [3.05, 3.63) is 29.6 Å². The molecular formula is C11H14F4N2O2S. The minimum absolute atomic E-state index is 0.116. The molecule has 4 nitrogen and oxygen atoms in total. The lowest BCUT2D eigenvalue weighted by Gasteiger charge is -2.25. The average Bonchev–Trinajstić information content (AvgIpc) is 2.26. The lowest BCUT2D eigenvalue weighted by Crippen LogP contribution is -2.49. The van der Waals surface area contributed by atoms with Crippen molar-refractivity contribution in [3.63, 3.8) is 0 Å². The average molecular weight is 314 g/mol. The third-order valence-corrected chi connectivity index (χ3v) is 4.21. The summed E-state index contributed by atoms with van der Waals surface area (Å²) in [5, 5.41) is 0. The van der Waals surface area contributed by atoms with Gasteiger partial charge in [-0.05, 0) is 32.0 Å². The molecule has 0 radical (unpaired) electrons. The summed E-state index contributed by atoms with van der Waals surface area (Å²) < 4.78 is 77.4. The Balaban J connectivity index is 3.40. The van der Waals surface area contributed by atoms with Crippen LogP contribution in [0, 0.1) is 5.82 Å². The molecule has 0 heterocycles. The largest absolute Gasteiger partial charge is 0.417 e. The lowest BCUT2D eigenvalue weighted by molar-refractivity contribution is -0.140. The fourth-order valence-electron chi connectivity index (χ4n) is 1.42. The number of rotatable bonds is 4. The summed E-state index contributed by atoms with van der Waals surface area (Å²) in [5.74, 6) is -1.17. The standard InChI is InChI=1S/C11H14F4N2O2S/c1-10(2,6-16)17-20(18,19)9-4-3-7(12)5-8(9)11(13,14)15/h3-5,17H,6,16H2,1-2H3. The van der Waals surface area contributed by atoms with Crippen molar-refractivity contribution in [2.24, 2.45) is 5.73 Å². The van der Waals surface area contributed by atoms with Crippen molar-refractivity contribution < 1.29 is 26.0 Å². The Morgan fingerprint density at radius 2 is 1.80 bits per heavy atom. The third kappa shape index (κ3) is 3.90. The molecule has 1 aromatic carbocycles. The van der Waals surface area contributed by atoms with E-state index in [4.69, 9.17) is 5.73 Å². The number of hydrogen-bond donors (Lipinski definition) is 2. The lowest BCUT2D eigenvalue weighted by atomic mass is 10.1. The molecule has 114 valence electrons. The Kier molecular flexibility index (Phi) is 4.47. The zero-order valence-corrected chi connectivity index (χ0v) is 11.6. The van der Waals surface area contributed by atoms with Crippen LogP contribution in [0.25, 0.3) is 0 Å². The van der Waals surface area contributed by atoms with Gasteiger partial charge in [0.05, 0.1) is 10.5 Å². The van der Waals surface area contributed by atoms with Gasteiger partial charge in [-0.15, -0.1) is 0 Å². The number of benzene rings is 1. The van der Waals surface area contributed by atoms with Crippen LogP contribution in [0.3, 0.4) is 0 Å². The second kappa shape index (κ2) is 5.30. The van der Waals surface area contributed by atoms with E-state index in [1.54, 1.807) is 0 Å². The molecule has 3 N–H and O–H groups in total. The Hall–Kier alpha value is -1.19. The van der Waals surface area contributed by atoms with E-state index >= 15 is 0 Å². The molecular weight excluding hydrogens is 300 g/mol. The quantitative estimate of drug-likeness (QED) is 0.833. The molecule has 0 aliphatic carbocycles. The highest BCUT2D eigenvalue weighted by atomic mass is 32.2. The highest BCUT2D eigenvalue weighted by Gasteiger charge is 2.38. The summed E-state index contributed by atoms with van der Waals surface area (Å²) in [4.78, 5) is -1.03. The van der Waals surface area contributed by atoms with Crippen molar-refractivity contribution in [3.8, 4) is 0 Å². The van der Waals surface area contributed by atoms with Crippen molar-refractivity contribution >= 4 is 10.0 Å². The molecule has 0 aliphatic rings. The number of halogens is 4. The fraction of sp³-hybridized carbons (Fsp3) is 0.455. The monoisotopic (exact) mass is 314 g/mol. The molecule has 1 aromatic rings. The van der Waals surface area contributed by atoms with Gasteiger partial charge in [0.15, 0.2) is 0 Å². The zero-order chi connectivity index (χ0) is 15.8. The SMILES string of the molecule is CC(C)(CN)NS(=O)(=O)c1ccc(F)cc1C(F)(F)F. The van der Waals surface area contributed by atoms with Crippen LogP contribution in [-0.4, -0.2) is 20.5 Å². The Morgan fingerprint density at radius 1 is 1.25 bits per heavy atom. The first kappa shape index (κ1) is 16.9. The third-order valence-electron chi connectivity index (χ3n) is 2.46. The highest BCUT2D eigenvalue weighted by molar-refractivity contribution is 7.89. The predicted molar refractivity (Wildman–Crippen MR) is 64.9 cm³/mol. The van der Waals surface area contributed by atoms with Crippen molar-refractivity contribution in [2.75, 3.05) is 6.54 Å². The van der Waals surface area contributed by atoms with Gasteiger partial charge in [0.25, 0.3) is 0 Å². The van der Waals surface area contributed by atoms with Gasteiger partial charge in [0.2, 0.25) is 10.0 Å². The molecule has 0 saturated heterocycles. The van der Waals surface area contributed by atoms with Crippen molar-refractivity contribution in [1.29, 1.82) is 0 Å². The fourth-order valence-corrected chi connectivity index (χ4v) is 3.05. The van der Waals surface area contributed by atoms with E-state index in [0.717, 1.165) is 0 Å². The van der Waals surface area contributed by atoms with Crippen LogP contribution < -0.4 is 10.5 Å². The molecule has 0 amide bonds. The first-order valence-corrected chi connectivity index (χ1v) is 6.98. The molecule has 1 rings (SSSR count). The number of nitrogens with one attached hydrogen (secondary N) is 1. The molecule has 0 atom stereocenters. The summed E-state index contributed by atoms with van der Waals surface area (Å²) >= 11 is 0. The van der Waals surface area contributed by atoms with Gasteiger partial charge >= 0.3 is 6.18 Å². The topological polar surface area (TPSA) is 72.2 Å². The normalized spacial score (nSPS) is 13.6. The van der Waals surface area contributed by atoms with Gasteiger partial charge in [0.1, 0.15) is 5.82 Å². The number of hydrogen-bond acceptors (Lipinski definition) is 3. The van der Waals surface area contributed by atoms with E-state index in [1.807, 2.05) is 0 Å². The summed E-state index contributed by atoms with van der Waals surface area (Å²) in [5.41, 5.74) is 2.64. The molecule has 0 unspecified atom stereocenters. The van der Waals surface area contributed by atoms with Gasteiger partial charge < -0.3 is 5.73 Å². The van der Waals surface area contributed by atoms with Crippen LogP contribution in [0.5, 0.6) is 0 Å². The van der Waals surface area contributed by atoms with Gasteiger partial charge in [-0.25, -0.2) is 17.5 Å². The number of alkyl halides is 3. The first-order valence-electron chi connectivity index (χ1n) is 5.50. The van der Waals surface area contributed by atoms with Crippen molar-refractivity contribution in [1.82, 2.24) is 4.72 Å². The summed E-state index contributed by atoms with van der Waals surface area (Å²) in [6.07, 6.45) is -4.99. The molecule has 0 saturated carbocycles. The molecule has 20 heavy (non-hydrogen) atoms. The van der Waals surface area contributed by atoms with Crippen LogP contribution >= 0.6 is 0 Å². The minimum atomic E-state index is -4.99. The maximum Gasteiger partial charge on any atom is 0.417 e. The van der Waals surface area contributed by atoms with Crippen LogP contribution in [0.4, 0.5) is 17.6 Å². The number of sulfonamides is 1. The maximum absolute atomic E-state index is 12.9. The van der Waals surface area contributed by atoms with E-state index < -0.39 is 38.0 Å². The van der Waals surface area contributed by atoms with Gasteiger partial charge in [-0.3, -0.25) is 0 Å². The second-order valence-corrected chi connectivity index (χ2v) is 6.48. The smallest absolute Gasteiger partial charge is 0.329 e. The van der Waals surface area contributed by atoms with E-state index in [0.29, 0.717) is 12.1 Å². The van der Waals surface area contributed by atoms with E-state index in [9.17, 15) is 26.0 Å². The Morgan fingerprint density at radius 3 is 2.25 bits per heavy atom. The zero-order valence-electron chi connectivity index (χ0n) is 10.8. The van der Waals surface area contributed by atoms with Crippen LogP contribution in [-0.2, 0) is 16.2 Å². The molecule has 9 heteroatoms. The van der Waals surface area contributed by atoms with E-state index in [2.05, 4.69) is 4.72 Å². The maximum atomic E-state index is 12.9. The van der Waals surface area contributed by atoms with Crippen molar-refractivity contribution in [2.45, 2.75) is 30.5 Å². The molecule has 0 spiro atoms. The van der Waals surface area contributed by atoms with Crippen LogP contribution in [0.2, 0.25) is 0 Å². The first-order chi connectivity index (χ1) is 8.89. The molecule has 0 fully saturated rings. The van der Waals surface area contributed by atoms with Gasteiger partial charge in [0, 0.05) is 12.1 Å². The van der Waals surface area contributed by atoms with Crippen LogP contribution in [0.1, 0.15) is 19.4 Å². The highest BCUT2D eigenvalue weighted by Crippen LogP contribution is 2.34. The minimum Gasteiger partial charge on any atom is -0.329 e. The number of nitrogens with two attached hydrogens (primary N) is 1. The van der Waals surface area contributed by atoms with Crippen LogP contribution in [0.15, 0.2) is 23.1 Å². The van der Waals surface area contributed by atoms with Gasteiger partial charge in [-0.2, -0.15) is 13.2 Å². The Labute approximate surface area is 114 Å². The van der Waals surface area contributed by atoms with E-state index in [1.165, 1.54) is 13.8 Å². The Bertz CT molecular complexity index is 597. The second-order valence-electron chi connectivity index (χ2n) is 4.83.